The first-order valence-corrected chi connectivity index (χ1v) is 5.86. The molecule has 0 spiro atoms. The number of hydrogen-bond donors (Lipinski definition) is 1. The number of nitrogens with zero attached hydrogens (tertiary/aromatic N) is 1. The van der Waals surface area contributed by atoms with Crippen LogP contribution in [0.25, 0.3) is 0 Å². The summed E-state index contributed by atoms with van der Waals surface area (Å²) >= 11 is 0. The van der Waals surface area contributed by atoms with E-state index in [0.717, 1.165) is 13.2 Å². The van der Waals surface area contributed by atoms with Gasteiger partial charge < -0.3 is 10.1 Å². The summed E-state index contributed by atoms with van der Waals surface area (Å²) in [4.78, 5) is 2.57. The summed E-state index contributed by atoms with van der Waals surface area (Å²) in [6.07, 6.45) is 2.98. The summed E-state index contributed by atoms with van der Waals surface area (Å²) in [7, 11) is 0. The maximum Gasteiger partial charge on any atom is 0.0728 e. The lowest BCUT2D eigenvalue weighted by Crippen LogP contribution is -2.54. The zero-order chi connectivity index (χ0) is 9.97. The second-order valence-corrected chi connectivity index (χ2v) is 4.64. The highest BCUT2D eigenvalue weighted by atomic mass is 16.5. The van der Waals surface area contributed by atoms with Gasteiger partial charge in [-0.3, -0.25) is 4.90 Å². The van der Waals surface area contributed by atoms with Crippen molar-refractivity contribution in [1.29, 1.82) is 0 Å². The van der Waals surface area contributed by atoms with Crippen LogP contribution in [0.2, 0.25) is 0 Å². The van der Waals surface area contributed by atoms with Crippen molar-refractivity contribution < 1.29 is 4.74 Å². The highest BCUT2D eigenvalue weighted by molar-refractivity contribution is 4.84. The third-order valence-corrected chi connectivity index (χ3v) is 3.48. The Hall–Kier alpha value is -0.120. The molecule has 0 aromatic heterocycles. The Balaban J connectivity index is 1.86. The molecule has 2 rings (SSSR count). The minimum Gasteiger partial charge on any atom is -0.377 e. The van der Waals surface area contributed by atoms with Gasteiger partial charge in [0.05, 0.1) is 6.10 Å². The summed E-state index contributed by atoms with van der Waals surface area (Å²) in [6.45, 7) is 9.00. The molecule has 0 saturated carbocycles. The fourth-order valence-electron chi connectivity index (χ4n) is 2.55. The van der Waals surface area contributed by atoms with E-state index >= 15 is 0 Å². The predicted octanol–water partition coefficient (Wildman–Crippen LogP) is 0.848. The van der Waals surface area contributed by atoms with Crippen LogP contribution in [-0.2, 0) is 4.74 Å². The van der Waals surface area contributed by atoms with E-state index < -0.39 is 0 Å². The maximum absolute atomic E-state index is 5.74. The van der Waals surface area contributed by atoms with Crippen molar-refractivity contribution in [1.82, 2.24) is 10.2 Å². The van der Waals surface area contributed by atoms with Gasteiger partial charge in [0.1, 0.15) is 0 Å². The molecule has 14 heavy (non-hydrogen) atoms. The molecule has 2 fully saturated rings. The first kappa shape index (κ1) is 10.4. The third kappa shape index (κ3) is 2.27. The zero-order valence-electron chi connectivity index (χ0n) is 9.33. The van der Waals surface area contributed by atoms with Crippen LogP contribution in [-0.4, -0.2) is 49.3 Å². The number of rotatable bonds is 2. The van der Waals surface area contributed by atoms with E-state index in [1.807, 2.05) is 0 Å². The van der Waals surface area contributed by atoms with Crippen molar-refractivity contribution in [3.8, 4) is 0 Å². The van der Waals surface area contributed by atoms with Crippen molar-refractivity contribution in [2.24, 2.45) is 0 Å². The molecule has 0 radical (unpaired) electrons. The monoisotopic (exact) mass is 198 g/mol. The first-order chi connectivity index (χ1) is 6.77. The van der Waals surface area contributed by atoms with Gasteiger partial charge in [0.15, 0.2) is 0 Å². The molecule has 3 unspecified atom stereocenters. The predicted molar refractivity (Wildman–Crippen MR) is 57.5 cm³/mol. The van der Waals surface area contributed by atoms with E-state index in [2.05, 4.69) is 24.1 Å². The molecule has 0 aromatic carbocycles. The lowest BCUT2D eigenvalue weighted by Gasteiger charge is -2.38. The van der Waals surface area contributed by atoms with Crippen molar-refractivity contribution in [2.75, 3.05) is 26.2 Å². The smallest absolute Gasteiger partial charge is 0.0728 e. The molecule has 0 aromatic rings. The molecular weight excluding hydrogens is 176 g/mol. The van der Waals surface area contributed by atoms with Gasteiger partial charge in [-0.15, -0.1) is 0 Å². The number of piperazine rings is 1. The Labute approximate surface area is 86.8 Å². The van der Waals surface area contributed by atoms with Gasteiger partial charge in [0, 0.05) is 38.3 Å². The standard InChI is InChI=1S/C11H22N2O/c1-9-8-13(6-5-12-9)10(2)11-4-3-7-14-11/h9-12H,3-8H2,1-2H3. The maximum atomic E-state index is 5.74. The van der Waals surface area contributed by atoms with Crippen molar-refractivity contribution in [3.05, 3.63) is 0 Å². The van der Waals surface area contributed by atoms with Crippen LogP contribution in [0.3, 0.4) is 0 Å². The fourth-order valence-corrected chi connectivity index (χ4v) is 2.55. The topological polar surface area (TPSA) is 24.5 Å². The van der Waals surface area contributed by atoms with E-state index in [-0.39, 0.29) is 0 Å². The van der Waals surface area contributed by atoms with Gasteiger partial charge in [-0.05, 0) is 26.7 Å². The molecule has 2 saturated heterocycles. The number of hydrogen-bond acceptors (Lipinski definition) is 3. The largest absolute Gasteiger partial charge is 0.377 e. The molecule has 3 nitrogen and oxygen atoms in total. The van der Waals surface area contributed by atoms with Gasteiger partial charge in [-0.1, -0.05) is 0 Å². The summed E-state index contributed by atoms with van der Waals surface area (Å²) in [5, 5.41) is 3.47. The second kappa shape index (κ2) is 4.60. The average Bonchev–Trinajstić information content (AvgIpc) is 2.69. The number of ether oxygens (including phenoxy) is 1. The Morgan fingerprint density at radius 3 is 3.00 bits per heavy atom. The minimum absolute atomic E-state index is 0.486. The molecule has 82 valence electrons. The van der Waals surface area contributed by atoms with E-state index in [1.165, 1.54) is 25.9 Å². The molecule has 2 heterocycles. The SMILES string of the molecule is CC1CN(C(C)C2CCCO2)CCN1. The van der Waals surface area contributed by atoms with Crippen LogP contribution >= 0.6 is 0 Å². The van der Waals surface area contributed by atoms with Crippen LogP contribution in [0.5, 0.6) is 0 Å². The summed E-state index contributed by atoms with van der Waals surface area (Å²) in [5.74, 6) is 0. The molecule has 1 N–H and O–H groups in total. The van der Waals surface area contributed by atoms with Crippen LogP contribution in [0.1, 0.15) is 26.7 Å². The van der Waals surface area contributed by atoms with Gasteiger partial charge >= 0.3 is 0 Å². The normalized spacial score (nSPS) is 37.3. The molecular formula is C11H22N2O. The highest BCUT2D eigenvalue weighted by Gasteiger charge is 2.29. The third-order valence-electron chi connectivity index (χ3n) is 3.48. The Morgan fingerprint density at radius 2 is 2.36 bits per heavy atom. The van der Waals surface area contributed by atoms with E-state index in [4.69, 9.17) is 4.74 Å². The summed E-state index contributed by atoms with van der Waals surface area (Å²) in [5.41, 5.74) is 0. The quantitative estimate of drug-likeness (QED) is 0.712. The fraction of sp³-hybridized carbons (Fsp3) is 1.00. The Morgan fingerprint density at radius 1 is 1.50 bits per heavy atom. The Kier molecular flexibility index (Phi) is 3.42. The molecule has 0 bridgehead atoms. The molecule has 0 amide bonds. The van der Waals surface area contributed by atoms with Gasteiger partial charge in [-0.25, -0.2) is 0 Å². The minimum atomic E-state index is 0.486. The molecule has 2 aliphatic rings. The van der Waals surface area contributed by atoms with Crippen LogP contribution < -0.4 is 5.32 Å². The van der Waals surface area contributed by atoms with Crippen molar-refractivity contribution >= 4 is 0 Å². The highest BCUT2D eigenvalue weighted by Crippen LogP contribution is 2.20. The van der Waals surface area contributed by atoms with Crippen LogP contribution in [0.4, 0.5) is 0 Å². The van der Waals surface area contributed by atoms with Crippen LogP contribution in [0.15, 0.2) is 0 Å². The Bertz CT molecular complexity index is 180. The lowest BCUT2D eigenvalue weighted by molar-refractivity contribution is 0.0211. The van der Waals surface area contributed by atoms with Gasteiger partial charge in [0.2, 0.25) is 0 Å². The second-order valence-electron chi connectivity index (χ2n) is 4.64. The summed E-state index contributed by atoms with van der Waals surface area (Å²) in [6, 6.07) is 1.23. The van der Waals surface area contributed by atoms with Gasteiger partial charge in [0.25, 0.3) is 0 Å². The van der Waals surface area contributed by atoms with E-state index in [0.29, 0.717) is 18.2 Å². The van der Waals surface area contributed by atoms with Crippen molar-refractivity contribution in [3.63, 3.8) is 0 Å². The number of nitrogens with one attached hydrogen (secondary N) is 1. The van der Waals surface area contributed by atoms with Gasteiger partial charge in [-0.2, -0.15) is 0 Å². The average molecular weight is 198 g/mol. The first-order valence-electron chi connectivity index (χ1n) is 5.86. The molecule has 0 aliphatic carbocycles. The molecule has 3 atom stereocenters. The molecule has 2 aliphatic heterocycles. The zero-order valence-corrected chi connectivity index (χ0v) is 9.33. The summed E-state index contributed by atoms with van der Waals surface area (Å²) < 4.78 is 5.74. The van der Waals surface area contributed by atoms with Crippen molar-refractivity contribution in [2.45, 2.75) is 44.9 Å². The van der Waals surface area contributed by atoms with E-state index in [9.17, 15) is 0 Å². The molecule has 3 heteroatoms. The van der Waals surface area contributed by atoms with E-state index in [1.54, 1.807) is 0 Å². The lowest BCUT2D eigenvalue weighted by atomic mass is 10.1. The van der Waals surface area contributed by atoms with Crippen LogP contribution in [0, 0.1) is 0 Å².